The summed E-state index contributed by atoms with van der Waals surface area (Å²) in [5.41, 5.74) is 1.88. The third kappa shape index (κ3) is 5.45. The Kier molecular flexibility index (Phi) is 6.84. The number of sulfonamides is 1. The molecule has 0 bridgehead atoms. The fourth-order valence-corrected chi connectivity index (χ4v) is 5.42. The van der Waals surface area contributed by atoms with Crippen LogP contribution in [-0.2, 0) is 16.6 Å². The first kappa shape index (κ1) is 23.1. The molecule has 0 heterocycles. The van der Waals surface area contributed by atoms with Crippen molar-refractivity contribution < 1.29 is 13.2 Å². The second-order valence-electron chi connectivity index (χ2n) is 8.94. The van der Waals surface area contributed by atoms with E-state index in [1.54, 1.807) is 30.3 Å². The molecule has 0 N–H and O–H groups in total. The Morgan fingerprint density at radius 1 is 0.909 bits per heavy atom. The minimum atomic E-state index is -3.90. The van der Waals surface area contributed by atoms with Gasteiger partial charge >= 0.3 is 0 Å². The van der Waals surface area contributed by atoms with Crippen molar-refractivity contribution in [3.05, 3.63) is 96.1 Å². The molecule has 6 heteroatoms. The predicted octanol–water partition coefficient (Wildman–Crippen LogP) is 5.34. The van der Waals surface area contributed by atoms with Gasteiger partial charge in [0.15, 0.2) is 0 Å². The monoisotopic (exact) mass is 462 g/mol. The van der Waals surface area contributed by atoms with Crippen LogP contribution < -0.4 is 4.31 Å². The molecule has 172 valence electrons. The summed E-state index contributed by atoms with van der Waals surface area (Å²) in [6.45, 7) is 5.05. The Bertz CT molecular complexity index is 1190. The Balaban J connectivity index is 1.69. The molecule has 3 aromatic rings. The predicted molar refractivity (Wildman–Crippen MR) is 132 cm³/mol. The highest BCUT2D eigenvalue weighted by molar-refractivity contribution is 7.92. The van der Waals surface area contributed by atoms with E-state index in [4.69, 9.17) is 0 Å². The van der Waals surface area contributed by atoms with Crippen LogP contribution in [0.3, 0.4) is 0 Å². The molecule has 3 aromatic carbocycles. The van der Waals surface area contributed by atoms with Gasteiger partial charge in [-0.1, -0.05) is 68.4 Å². The smallest absolute Gasteiger partial charge is 0.264 e. The van der Waals surface area contributed by atoms with E-state index in [0.717, 1.165) is 18.4 Å². The summed E-state index contributed by atoms with van der Waals surface area (Å²) in [4.78, 5) is 15.3. The van der Waals surface area contributed by atoms with E-state index in [9.17, 15) is 13.2 Å². The van der Waals surface area contributed by atoms with Crippen LogP contribution >= 0.6 is 0 Å². The minimum Gasteiger partial charge on any atom is -0.335 e. The summed E-state index contributed by atoms with van der Waals surface area (Å²) < 4.78 is 29.0. The van der Waals surface area contributed by atoms with Crippen molar-refractivity contribution in [3.8, 4) is 0 Å². The third-order valence-electron chi connectivity index (χ3n) is 5.69. The SMILES string of the molecule is CC(C)CN(C(=O)c1cccc(S(=O)(=O)N(Cc2ccccc2)c2ccccc2)c1)C1CC1. The van der Waals surface area contributed by atoms with Crippen molar-refractivity contribution in [2.75, 3.05) is 10.8 Å². The molecule has 4 rings (SSSR count). The first-order chi connectivity index (χ1) is 15.9. The van der Waals surface area contributed by atoms with Gasteiger partial charge in [0, 0.05) is 18.2 Å². The molecule has 0 radical (unpaired) electrons. The van der Waals surface area contributed by atoms with E-state index in [1.807, 2.05) is 53.4 Å². The van der Waals surface area contributed by atoms with Crippen molar-refractivity contribution in [2.24, 2.45) is 5.92 Å². The summed E-state index contributed by atoms with van der Waals surface area (Å²) in [7, 11) is -3.90. The molecular formula is C27H30N2O3S. The molecule has 0 unspecified atom stereocenters. The molecule has 0 aliphatic heterocycles. The maximum absolute atomic E-state index is 13.8. The highest BCUT2D eigenvalue weighted by Crippen LogP contribution is 2.30. The fraction of sp³-hybridized carbons (Fsp3) is 0.296. The summed E-state index contributed by atoms with van der Waals surface area (Å²) in [6.07, 6.45) is 2.02. The van der Waals surface area contributed by atoms with Crippen LogP contribution in [0.1, 0.15) is 42.6 Å². The molecule has 0 aromatic heterocycles. The summed E-state index contributed by atoms with van der Waals surface area (Å²) >= 11 is 0. The molecule has 33 heavy (non-hydrogen) atoms. The molecular weight excluding hydrogens is 432 g/mol. The second-order valence-corrected chi connectivity index (χ2v) is 10.8. The number of anilines is 1. The quantitative estimate of drug-likeness (QED) is 0.431. The molecule has 5 nitrogen and oxygen atoms in total. The number of rotatable bonds is 9. The van der Waals surface area contributed by atoms with Crippen LogP contribution in [0.25, 0.3) is 0 Å². The lowest BCUT2D eigenvalue weighted by Gasteiger charge is -2.26. The first-order valence-corrected chi connectivity index (χ1v) is 12.8. The van der Waals surface area contributed by atoms with Crippen LogP contribution in [0.4, 0.5) is 5.69 Å². The lowest BCUT2D eigenvalue weighted by atomic mass is 10.1. The first-order valence-electron chi connectivity index (χ1n) is 11.4. The maximum atomic E-state index is 13.8. The topological polar surface area (TPSA) is 57.7 Å². The number of benzene rings is 3. The Morgan fingerprint density at radius 2 is 1.55 bits per heavy atom. The van der Waals surface area contributed by atoms with E-state index in [2.05, 4.69) is 13.8 Å². The van der Waals surface area contributed by atoms with Crippen LogP contribution in [0.15, 0.2) is 89.8 Å². The van der Waals surface area contributed by atoms with Crippen molar-refractivity contribution in [2.45, 2.75) is 44.2 Å². The van der Waals surface area contributed by atoms with Crippen molar-refractivity contribution in [1.82, 2.24) is 4.90 Å². The standard InChI is InChI=1S/C27H30N2O3S/c1-21(2)19-28(24-16-17-24)27(30)23-12-9-15-26(18-23)33(31,32)29(25-13-7-4-8-14-25)20-22-10-5-3-6-11-22/h3-15,18,21,24H,16-17,19-20H2,1-2H3. The number of carbonyl (C=O) groups is 1. The highest BCUT2D eigenvalue weighted by atomic mass is 32.2. The molecule has 1 aliphatic carbocycles. The van der Waals surface area contributed by atoms with Gasteiger partial charge in [0.25, 0.3) is 15.9 Å². The van der Waals surface area contributed by atoms with E-state index < -0.39 is 10.0 Å². The van der Waals surface area contributed by atoms with Gasteiger partial charge in [0.2, 0.25) is 0 Å². The number of hydrogen-bond donors (Lipinski definition) is 0. The zero-order valence-electron chi connectivity index (χ0n) is 19.1. The normalized spacial score (nSPS) is 13.7. The van der Waals surface area contributed by atoms with Gasteiger partial charge in [0.1, 0.15) is 0 Å². The van der Waals surface area contributed by atoms with Crippen LogP contribution in [0, 0.1) is 5.92 Å². The minimum absolute atomic E-state index is 0.0995. The Morgan fingerprint density at radius 3 is 2.15 bits per heavy atom. The lowest BCUT2D eigenvalue weighted by Crippen LogP contribution is -2.36. The fourth-order valence-electron chi connectivity index (χ4n) is 3.92. The van der Waals surface area contributed by atoms with Gasteiger partial charge in [-0.2, -0.15) is 0 Å². The van der Waals surface area contributed by atoms with E-state index in [0.29, 0.717) is 23.7 Å². The number of amides is 1. The van der Waals surface area contributed by atoms with E-state index in [1.165, 1.54) is 10.4 Å². The average Bonchev–Trinajstić information content (AvgIpc) is 3.67. The number of hydrogen-bond acceptors (Lipinski definition) is 3. The van der Waals surface area contributed by atoms with Gasteiger partial charge in [-0.3, -0.25) is 9.10 Å². The average molecular weight is 463 g/mol. The number of carbonyl (C=O) groups excluding carboxylic acids is 1. The molecule has 0 atom stereocenters. The Hall–Kier alpha value is -3.12. The van der Waals surface area contributed by atoms with Crippen molar-refractivity contribution >= 4 is 21.6 Å². The highest BCUT2D eigenvalue weighted by Gasteiger charge is 2.34. The maximum Gasteiger partial charge on any atom is 0.264 e. The molecule has 1 saturated carbocycles. The third-order valence-corrected chi connectivity index (χ3v) is 7.46. The van der Waals surface area contributed by atoms with Gasteiger partial charge in [0.05, 0.1) is 17.1 Å². The van der Waals surface area contributed by atoms with Crippen LogP contribution in [0.2, 0.25) is 0 Å². The lowest BCUT2D eigenvalue weighted by molar-refractivity contribution is 0.0722. The molecule has 1 amide bonds. The van der Waals surface area contributed by atoms with Gasteiger partial charge in [-0.05, 0) is 54.7 Å². The zero-order valence-corrected chi connectivity index (χ0v) is 19.9. The van der Waals surface area contributed by atoms with Gasteiger partial charge < -0.3 is 4.90 Å². The summed E-state index contributed by atoms with van der Waals surface area (Å²) in [6, 6.07) is 25.3. The molecule has 0 spiro atoms. The van der Waals surface area contributed by atoms with E-state index in [-0.39, 0.29) is 23.4 Å². The summed E-state index contributed by atoms with van der Waals surface area (Å²) in [5, 5.41) is 0. The van der Waals surface area contributed by atoms with E-state index >= 15 is 0 Å². The Labute approximate surface area is 196 Å². The van der Waals surface area contributed by atoms with Crippen LogP contribution in [0.5, 0.6) is 0 Å². The van der Waals surface area contributed by atoms with Gasteiger partial charge in [-0.25, -0.2) is 8.42 Å². The summed E-state index contributed by atoms with van der Waals surface area (Å²) in [5.74, 6) is 0.249. The molecule has 1 aliphatic rings. The zero-order chi connectivity index (χ0) is 23.4. The van der Waals surface area contributed by atoms with Crippen molar-refractivity contribution in [3.63, 3.8) is 0 Å². The largest absolute Gasteiger partial charge is 0.335 e. The second kappa shape index (κ2) is 9.79. The van der Waals surface area contributed by atoms with Crippen molar-refractivity contribution in [1.29, 1.82) is 0 Å². The molecule has 0 saturated heterocycles. The van der Waals surface area contributed by atoms with Gasteiger partial charge in [-0.15, -0.1) is 0 Å². The number of nitrogens with zero attached hydrogens (tertiary/aromatic N) is 2. The van der Waals surface area contributed by atoms with Crippen LogP contribution in [-0.4, -0.2) is 31.8 Å². The number of para-hydroxylation sites is 1. The molecule has 1 fully saturated rings.